The SMILES string of the molecule is CCOC(=O)[C@@H](N)Cc1cc2ccccc2cn1. The van der Waals surface area contributed by atoms with Crippen LogP contribution in [0.25, 0.3) is 10.8 Å². The highest BCUT2D eigenvalue weighted by Crippen LogP contribution is 2.14. The number of esters is 1. The third-order valence-corrected chi connectivity index (χ3v) is 2.71. The zero-order valence-corrected chi connectivity index (χ0v) is 10.3. The first-order valence-electron chi connectivity index (χ1n) is 5.96. The van der Waals surface area contributed by atoms with Gasteiger partial charge in [-0.15, -0.1) is 0 Å². The fraction of sp³-hybridized carbons (Fsp3) is 0.286. The Morgan fingerprint density at radius 1 is 1.39 bits per heavy atom. The number of fused-ring (bicyclic) bond motifs is 1. The Morgan fingerprint density at radius 3 is 2.83 bits per heavy atom. The summed E-state index contributed by atoms with van der Waals surface area (Å²) in [5.74, 6) is -0.382. The molecule has 0 aliphatic rings. The molecule has 0 spiro atoms. The van der Waals surface area contributed by atoms with Gasteiger partial charge in [-0.3, -0.25) is 9.78 Å². The number of benzene rings is 1. The van der Waals surface area contributed by atoms with Crippen molar-refractivity contribution in [1.29, 1.82) is 0 Å². The lowest BCUT2D eigenvalue weighted by Gasteiger charge is -2.10. The van der Waals surface area contributed by atoms with Crippen LogP contribution in [0.1, 0.15) is 12.6 Å². The molecule has 0 saturated heterocycles. The Bertz CT molecular complexity index is 554. The molecular weight excluding hydrogens is 228 g/mol. The van der Waals surface area contributed by atoms with Crippen LogP contribution in [-0.2, 0) is 16.0 Å². The average Bonchev–Trinajstić information content (AvgIpc) is 2.39. The number of rotatable bonds is 4. The second kappa shape index (κ2) is 5.60. The Labute approximate surface area is 106 Å². The van der Waals surface area contributed by atoms with E-state index in [4.69, 9.17) is 10.5 Å². The van der Waals surface area contributed by atoms with Crippen LogP contribution in [0.2, 0.25) is 0 Å². The molecule has 4 heteroatoms. The number of carbonyl (C=O) groups is 1. The number of ether oxygens (including phenoxy) is 1. The zero-order chi connectivity index (χ0) is 13.0. The van der Waals surface area contributed by atoms with Gasteiger partial charge in [0.25, 0.3) is 0 Å². The van der Waals surface area contributed by atoms with Crippen LogP contribution in [0.5, 0.6) is 0 Å². The Kier molecular flexibility index (Phi) is 3.89. The molecule has 2 rings (SSSR count). The molecule has 0 fully saturated rings. The lowest BCUT2D eigenvalue weighted by atomic mass is 10.1. The number of hydrogen-bond acceptors (Lipinski definition) is 4. The molecule has 0 aliphatic carbocycles. The minimum atomic E-state index is -0.654. The maximum Gasteiger partial charge on any atom is 0.323 e. The second-order valence-corrected chi connectivity index (χ2v) is 4.09. The molecular formula is C14H16N2O2. The minimum absolute atomic E-state index is 0.345. The summed E-state index contributed by atoms with van der Waals surface area (Å²) in [6.45, 7) is 2.11. The molecule has 2 N–H and O–H groups in total. The molecule has 1 aromatic heterocycles. The van der Waals surface area contributed by atoms with Crippen molar-refractivity contribution in [2.75, 3.05) is 6.61 Å². The summed E-state index contributed by atoms with van der Waals surface area (Å²) in [7, 11) is 0. The van der Waals surface area contributed by atoms with E-state index in [1.54, 1.807) is 13.1 Å². The smallest absolute Gasteiger partial charge is 0.323 e. The molecule has 1 atom stereocenters. The third-order valence-electron chi connectivity index (χ3n) is 2.71. The first-order valence-corrected chi connectivity index (χ1v) is 5.96. The van der Waals surface area contributed by atoms with E-state index in [-0.39, 0.29) is 5.97 Å². The molecule has 0 amide bonds. The van der Waals surface area contributed by atoms with Crippen molar-refractivity contribution in [1.82, 2.24) is 4.98 Å². The predicted octanol–water partition coefficient (Wildman–Crippen LogP) is 1.67. The van der Waals surface area contributed by atoms with E-state index in [9.17, 15) is 4.79 Å². The van der Waals surface area contributed by atoms with Crippen molar-refractivity contribution < 1.29 is 9.53 Å². The van der Waals surface area contributed by atoms with Crippen LogP contribution in [0, 0.1) is 0 Å². The molecule has 0 saturated carbocycles. The maximum atomic E-state index is 11.4. The molecule has 1 aromatic carbocycles. The van der Waals surface area contributed by atoms with Gasteiger partial charge in [0.1, 0.15) is 6.04 Å². The van der Waals surface area contributed by atoms with Gasteiger partial charge in [-0.05, 0) is 18.4 Å². The minimum Gasteiger partial charge on any atom is -0.465 e. The van der Waals surface area contributed by atoms with E-state index in [0.717, 1.165) is 16.5 Å². The van der Waals surface area contributed by atoms with Crippen LogP contribution in [-0.4, -0.2) is 23.6 Å². The Morgan fingerprint density at radius 2 is 2.11 bits per heavy atom. The van der Waals surface area contributed by atoms with Gasteiger partial charge < -0.3 is 10.5 Å². The molecule has 94 valence electrons. The summed E-state index contributed by atoms with van der Waals surface area (Å²) in [6.07, 6.45) is 2.19. The highest BCUT2D eigenvalue weighted by Gasteiger charge is 2.15. The van der Waals surface area contributed by atoms with E-state index in [2.05, 4.69) is 4.98 Å². The van der Waals surface area contributed by atoms with Crippen molar-refractivity contribution >= 4 is 16.7 Å². The van der Waals surface area contributed by atoms with Gasteiger partial charge in [-0.25, -0.2) is 0 Å². The first-order chi connectivity index (χ1) is 8.70. The number of nitrogens with two attached hydrogens (primary N) is 1. The van der Waals surface area contributed by atoms with Crippen LogP contribution >= 0.6 is 0 Å². The predicted molar refractivity (Wildman–Crippen MR) is 70.1 cm³/mol. The fourth-order valence-corrected chi connectivity index (χ4v) is 1.80. The molecule has 2 aromatic rings. The van der Waals surface area contributed by atoms with E-state index in [0.29, 0.717) is 13.0 Å². The summed E-state index contributed by atoms with van der Waals surface area (Å²) >= 11 is 0. The first kappa shape index (κ1) is 12.5. The van der Waals surface area contributed by atoms with Gasteiger partial charge >= 0.3 is 5.97 Å². The second-order valence-electron chi connectivity index (χ2n) is 4.09. The standard InChI is InChI=1S/C14H16N2O2/c1-2-18-14(17)13(15)8-12-7-10-5-3-4-6-11(10)9-16-12/h3-7,9,13H,2,8,15H2,1H3/t13-/m0/s1. The molecule has 0 aliphatic heterocycles. The average molecular weight is 244 g/mol. The van der Waals surface area contributed by atoms with Crippen LogP contribution < -0.4 is 5.73 Å². The summed E-state index contributed by atoms with van der Waals surface area (Å²) in [6, 6.07) is 9.24. The Balaban J connectivity index is 2.14. The van der Waals surface area contributed by atoms with E-state index >= 15 is 0 Å². The number of carbonyl (C=O) groups excluding carboxylic acids is 1. The van der Waals surface area contributed by atoms with Gasteiger partial charge in [0.05, 0.1) is 6.61 Å². The highest BCUT2D eigenvalue weighted by molar-refractivity contribution is 5.82. The van der Waals surface area contributed by atoms with Gasteiger partial charge in [0.15, 0.2) is 0 Å². The maximum absolute atomic E-state index is 11.4. The Hall–Kier alpha value is -1.94. The summed E-state index contributed by atoms with van der Waals surface area (Å²) in [5, 5.41) is 2.17. The lowest BCUT2D eigenvalue weighted by Crippen LogP contribution is -2.34. The van der Waals surface area contributed by atoms with Gasteiger partial charge in [-0.2, -0.15) is 0 Å². The van der Waals surface area contributed by atoms with Crippen molar-refractivity contribution in [3.63, 3.8) is 0 Å². The largest absolute Gasteiger partial charge is 0.465 e. The molecule has 0 unspecified atom stereocenters. The van der Waals surface area contributed by atoms with Gasteiger partial charge in [0, 0.05) is 23.7 Å². The monoisotopic (exact) mass is 244 g/mol. The van der Waals surface area contributed by atoms with Crippen LogP contribution in [0.15, 0.2) is 36.5 Å². The van der Waals surface area contributed by atoms with Crippen molar-refractivity contribution in [3.8, 4) is 0 Å². The van der Waals surface area contributed by atoms with Crippen molar-refractivity contribution in [3.05, 3.63) is 42.2 Å². The molecule has 1 heterocycles. The number of aromatic nitrogens is 1. The molecule has 0 radical (unpaired) electrons. The van der Waals surface area contributed by atoms with Crippen molar-refractivity contribution in [2.45, 2.75) is 19.4 Å². The lowest BCUT2D eigenvalue weighted by molar-refractivity contribution is -0.144. The number of pyridine rings is 1. The number of nitrogens with zero attached hydrogens (tertiary/aromatic N) is 1. The summed E-state index contributed by atoms with van der Waals surface area (Å²) in [4.78, 5) is 15.7. The van der Waals surface area contributed by atoms with E-state index in [1.165, 1.54) is 0 Å². The van der Waals surface area contributed by atoms with Gasteiger partial charge in [-0.1, -0.05) is 24.3 Å². The highest BCUT2D eigenvalue weighted by atomic mass is 16.5. The van der Waals surface area contributed by atoms with Crippen LogP contribution in [0.4, 0.5) is 0 Å². The summed E-state index contributed by atoms with van der Waals surface area (Å²) < 4.78 is 4.87. The molecule has 18 heavy (non-hydrogen) atoms. The number of hydrogen-bond donors (Lipinski definition) is 1. The van der Waals surface area contributed by atoms with Gasteiger partial charge in [0.2, 0.25) is 0 Å². The molecule has 4 nitrogen and oxygen atoms in total. The van der Waals surface area contributed by atoms with Crippen molar-refractivity contribution in [2.24, 2.45) is 5.73 Å². The third kappa shape index (κ3) is 2.84. The topological polar surface area (TPSA) is 65.2 Å². The quantitative estimate of drug-likeness (QED) is 0.831. The zero-order valence-electron chi connectivity index (χ0n) is 10.3. The fourth-order valence-electron chi connectivity index (χ4n) is 1.80. The van der Waals surface area contributed by atoms with E-state index < -0.39 is 6.04 Å². The normalized spacial score (nSPS) is 12.3. The molecule has 0 bridgehead atoms. The summed E-state index contributed by atoms with van der Waals surface area (Å²) in [5.41, 5.74) is 6.57. The van der Waals surface area contributed by atoms with Crippen LogP contribution in [0.3, 0.4) is 0 Å². The van der Waals surface area contributed by atoms with E-state index in [1.807, 2.05) is 30.3 Å².